The molecule has 0 saturated carbocycles. The standard InChI is InChI=1S/C34H23FN4/c35-23-15-13-22(14-16-23)29-19-20-36-34(37-29)39-32-12-6-3-9-27(32)28-21-24(17-18-33(28)39)38-30-10-4-1-7-25(30)26-8-2-5-11-31(26)38/h1-21,29H,(H,36,37). The highest BCUT2D eigenvalue weighted by molar-refractivity contribution is 6.15. The minimum atomic E-state index is -0.242. The monoisotopic (exact) mass is 506 g/mol. The molecule has 0 spiro atoms. The van der Waals surface area contributed by atoms with Crippen LogP contribution in [0.15, 0.2) is 133 Å². The van der Waals surface area contributed by atoms with Gasteiger partial charge in [0.15, 0.2) is 0 Å². The highest BCUT2D eigenvalue weighted by Crippen LogP contribution is 2.35. The molecule has 2 aromatic heterocycles. The largest absolute Gasteiger partial charge is 0.345 e. The van der Waals surface area contributed by atoms with E-state index in [-0.39, 0.29) is 11.9 Å². The average Bonchev–Trinajstić information content (AvgIpc) is 3.50. The second kappa shape index (κ2) is 8.43. The highest BCUT2D eigenvalue weighted by Gasteiger charge is 2.20. The van der Waals surface area contributed by atoms with Crippen LogP contribution < -0.4 is 5.32 Å². The van der Waals surface area contributed by atoms with E-state index in [9.17, 15) is 4.39 Å². The van der Waals surface area contributed by atoms with E-state index in [1.807, 2.05) is 24.4 Å². The minimum absolute atomic E-state index is 0.105. The van der Waals surface area contributed by atoms with Gasteiger partial charge < -0.3 is 9.88 Å². The zero-order valence-electron chi connectivity index (χ0n) is 20.9. The van der Waals surface area contributed by atoms with Gasteiger partial charge in [-0.2, -0.15) is 0 Å². The van der Waals surface area contributed by atoms with Gasteiger partial charge in [-0.25, -0.2) is 9.38 Å². The summed E-state index contributed by atoms with van der Waals surface area (Å²) >= 11 is 0. The van der Waals surface area contributed by atoms with Crippen LogP contribution in [0.1, 0.15) is 11.6 Å². The molecule has 39 heavy (non-hydrogen) atoms. The molecule has 1 aliphatic rings. The first-order chi connectivity index (χ1) is 19.3. The topological polar surface area (TPSA) is 34.2 Å². The van der Waals surface area contributed by atoms with E-state index in [1.165, 1.54) is 33.9 Å². The van der Waals surface area contributed by atoms with Gasteiger partial charge in [0.25, 0.3) is 0 Å². The van der Waals surface area contributed by atoms with E-state index < -0.39 is 0 Å². The summed E-state index contributed by atoms with van der Waals surface area (Å²) in [6, 6.07) is 38.7. The zero-order chi connectivity index (χ0) is 25.9. The summed E-state index contributed by atoms with van der Waals surface area (Å²) in [4.78, 5) is 4.73. The van der Waals surface area contributed by atoms with Crippen LogP contribution in [-0.4, -0.2) is 15.1 Å². The summed E-state index contributed by atoms with van der Waals surface area (Å²) in [6.45, 7) is 0. The van der Waals surface area contributed by atoms with Gasteiger partial charge in [0, 0.05) is 33.4 Å². The first-order valence-corrected chi connectivity index (χ1v) is 13.0. The maximum Gasteiger partial charge on any atom is 0.208 e. The Morgan fingerprint density at radius 3 is 1.82 bits per heavy atom. The normalized spacial score (nSPS) is 15.3. The van der Waals surface area contributed by atoms with Crippen LogP contribution in [0.25, 0.3) is 49.3 Å². The molecule has 0 saturated heterocycles. The van der Waals surface area contributed by atoms with Crippen molar-refractivity contribution in [2.45, 2.75) is 6.04 Å². The fraction of sp³-hybridized carbons (Fsp3) is 0.0294. The first-order valence-electron chi connectivity index (χ1n) is 13.0. The van der Waals surface area contributed by atoms with Gasteiger partial charge in [0.05, 0.1) is 28.1 Å². The summed E-state index contributed by atoms with van der Waals surface area (Å²) in [5.74, 6) is 0.497. The van der Waals surface area contributed by atoms with Gasteiger partial charge in [-0.3, -0.25) is 4.57 Å². The summed E-state index contributed by atoms with van der Waals surface area (Å²) in [5.41, 5.74) is 6.62. The SMILES string of the molecule is Fc1ccc(C2C=CN=C(n3c4ccccc4c4cc(-n5c6ccccc6c6ccccc65)ccc43)N2)cc1. The van der Waals surface area contributed by atoms with Crippen molar-refractivity contribution >= 4 is 49.6 Å². The molecule has 5 aromatic carbocycles. The Morgan fingerprint density at radius 2 is 1.15 bits per heavy atom. The van der Waals surface area contributed by atoms with Crippen LogP contribution in [-0.2, 0) is 0 Å². The number of fused-ring (bicyclic) bond motifs is 6. The molecule has 186 valence electrons. The number of aliphatic imine (C=N–C) groups is 1. The summed E-state index contributed by atoms with van der Waals surface area (Å²) in [7, 11) is 0. The Hall–Kier alpha value is -5.16. The zero-order valence-corrected chi connectivity index (χ0v) is 20.9. The smallest absolute Gasteiger partial charge is 0.208 e. The van der Waals surface area contributed by atoms with Crippen LogP contribution in [0.3, 0.4) is 0 Å². The fourth-order valence-electron chi connectivity index (χ4n) is 5.94. The number of aromatic nitrogens is 2. The molecule has 3 heterocycles. The molecule has 0 aliphatic carbocycles. The number of benzene rings is 5. The third-order valence-electron chi connectivity index (χ3n) is 7.70. The predicted molar refractivity (Wildman–Crippen MR) is 158 cm³/mol. The summed E-state index contributed by atoms with van der Waals surface area (Å²) in [6.07, 6.45) is 3.82. The quantitative estimate of drug-likeness (QED) is 0.253. The van der Waals surface area contributed by atoms with E-state index in [0.717, 1.165) is 39.0 Å². The lowest BCUT2D eigenvalue weighted by Gasteiger charge is -2.22. The van der Waals surface area contributed by atoms with E-state index in [1.54, 1.807) is 0 Å². The van der Waals surface area contributed by atoms with Gasteiger partial charge >= 0.3 is 0 Å². The first kappa shape index (κ1) is 21.9. The molecule has 0 amide bonds. The highest BCUT2D eigenvalue weighted by atomic mass is 19.1. The molecule has 5 heteroatoms. The third kappa shape index (κ3) is 3.33. The lowest BCUT2D eigenvalue weighted by atomic mass is 10.1. The Bertz CT molecular complexity index is 2060. The maximum absolute atomic E-state index is 13.5. The van der Waals surface area contributed by atoms with Crippen molar-refractivity contribution in [1.29, 1.82) is 0 Å². The predicted octanol–water partition coefficient (Wildman–Crippen LogP) is 8.09. The molecule has 1 aliphatic heterocycles. The van der Waals surface area contributed by atoms with Gasteiger partial charge in [-0.15, -0.1) is 0 Å². The fourth-order valence-corrected chi connectivity index (χ4v) is 5.94. The molecule has 1 unspecified atom stereocenters. The number of rotatable bonds is 2. The number of hydrogen-bond acceptors (Lipinski definition) is 2. The van der Waals surface area contributed by atoms with Gasteiger partial charge in [-0.05, 0) is 60.2 Å². The van der Waals surface area contributed by atoms with Crippen LogP contribution in [0.2, 0.25) is 0 Å². The molecule has 8 rings (SSSR count). The van der Waals surface area contributed by atoms with Gasteiger partial charge in [0.2, 0.25) is 5.96 Å². The Morgan fingerprint density at radius 1 is 0.590 bits per heavy atom. The number of para-hydroxylation sites is 3. The van der Waals surface area contributed by atoms with E-state index in [2.05, 4.69) is 105 Å². The second-order valence-electron chi connectivity index (χ2n) is 9.89. The second-order valence-corrected chi connectivity index (χ2v) is 9.89. The third-order valence-corrected chi connectivity index (χ3v) is 7.70. The Labute approximate surface area is 223 Å². The van der Waals surface area contributed by atoms with Crippen molar-refractivity contribution in [3.8, 4) is 5.69 Å². The number of hydrogen-bond donors (Lipinski definition) is 1. The molecule has 7 aromatic rings. The van der Waals surface area contributed by atoms with Crippen LogP contribution in [0.5, 0.6) is 0 Å². The number of nitrogens with one attached hydrogen (secondary N) is 1. The summed E-state index contributed by atoms with van der Waals surface area (Å²) < 4.78 is 18.1. The number of halogens is 1. The molecule has 4 nitrogen and oxygen atoms in total. The van der Waals surface area contributed by atoms with Crippen molar-refractivity contribution in [1.82, 2.24) is 14.5 Å². The van der Waals surface area contributed by atoms with Crippen LogP contribution in [0.4, 0.5) is 4.39 Å². The molecule has 1 N–H and O–H groups in total. The lowest BCUT2D eigenvalue weighted by molar-refractivity contribution is 0.625. The van der Waals surface area contributed by atoms with E-state index in [4.69, 9.17) is 4.99 Å². The van der Waals surface area contributed by atoms with Crippen LogP contribution >= 0.6 is 0 Å². The van der Waals surface area contributed by atoms with Crippen molar-refractivity contribution in [2.24, 2.45) is 4.99 Å². The molecule has 0 bridgehead atoms. The van der Waals surface area contributed by atoms with E-state index in [0.29, 0.717) is 0 Å². The molecule has 0 radical (unpaired) electrons. The van der Waals surface area contributed by atoms with E-state index >= 15 is 0 Å². The molecule has 1 atom stereocenters. The number of nitrogens with zero attached hydrogens (tertiary/aromatic N) is 3. The lowest BCUT2D eigenvalue weighted by Crippen LogP contribution is -2.34. The van der Waals surface area contributed by atoms with Gasteiger partial charge in [0.1, 0.15) is 5.82 Å². The molecular formula is C34H23FN4. The van der Waals surface area contributed by atoms with Crippen molar-refractivity contribution in [2.75, 3.05) is 0 Å². The van der Waals surface area contributed by atoms with Crippen LogP contribution in [0, 0.1) is 5.82 Å². The summed E-state index contributed by atoms with van der Waals surface area (Å²) in [5, 5.41) is 8.37. The average molecular weight is 507 g/mol. The Balaban J connectivity index is 1.32. The maximum atomic E-state index is 13.5. The van der Waals surface area contributed by atoms with Gasteiger partial charge in [-0.1, -0.05) is 66.7 Å². The Kier molecular flexibility index (Phi) is 4.73. The molecular weight excluding hydrogens is 483 g/mol. The van der Waals surface area contributed by atoms with Crippen molar-refractivity contribution < 1.29 is 4.39 Å². The van der Waals surface area contributed by atoms with Crippen molar-refractivity contribution in [3.63, 3.8) is 0 Å². The van der Waals surface area contributed by atoms with Crippen molar-refractivity contribution in [3.05, 3.63) is 139 Å². The molecule has 0 fully saturated rings. The minimum Gasteiger partial charge on any atom is -0.345 e.